The van der Waals surface area contributed by atoms with E-state index in [0.29, 0.717) is 18.8 Å². The summed E-state index contributed by atoms with van der Waals surface area (Å²) in [4.78, 5) is 0. The molecule has 0 radical (unpaired) electrons. The molecule has 0 saturated carbocycles. The Labute approximate surface area is 105 Å². The number of benzene rings is 1. The summed E-state index contributed by atoms with van der Waals surface area (Å²) in [5.74, 6) is -1.42. The predicted octanol–water partition coefficient (Wildman–Crippen LogP) is 2.21. The first kappa shape index (κ1) is 13.4. The summed E-state index contributed by atoms with van der Waals surface area (Å²) in [6, 6.07) is 3.41. The van der Waals surface area contributed by atoms with Crippen molar-refractivity contribution in [3.63, 3.8) is 0 Å². The minimum absolute atomic E-state index is 0.0132. The Bertz CT molecular complexity index is 413. The summed E-state index contributed by atoms with van der Waals surface area (Å²) >= 11 is 0. The van der Waals surface area contributed by atoms with Gasteiger partial charge < -0.3 is 14.8 Å². The van der Waals surface area contributed by atoms with Gasteiger partial charge in [-0.15, -0.1) is 0 Å². The van der Waals surface area contributed by atoms with E-state index in [-0.39, 0.29) is 12.6 Å². The first-order valence-electron chi connectivity index (χ1n) is 5.91. The van der Waals surface area contributed by atoms with Crippen molar-refractivity contribution in [1.29, 1.82) is 0 Å². The predicted molar refractivity (Wildman–Crippen MR) is 63.0 cm³/mol. The molecule has 1 fully saturated rings. The van der Waals surface area contributed by atoms with E-state index in [2.05, 4.69) is 5.32 Å². The number of hydrogen-bond donors (Lipinski definition) is 1. The number of rotatable bonds is 3. The fourth-order valence-electron chi connectivity index (χ4n) is 1.74. The highest BCUT2D eigenvalue weighted by atomic mass is 19.1. The molecule has 1 saturated heterocycles. The fraction of sp³-hybridized carbons (Fsp3) is 0.538. The van der Waals surface area contributed by atoms with Crippen molar-refractivity contribution >= 4 is 0 Å². The molecule has 1 aromatic carbocycles. The fourth-order valence-corrected chi connectivity index (χ4v) is 1.74. The highest BCUT2D eigenvalue weighted by Crippen LogP contribution is 2.17. The highest BCUT2D eigenvalue weighted by molar-refractivity contribution is 5.18. The van der Waals surface area contributed by atoms with Crippen LogP contribution in [0.2, 0.25) is 0 Å². The minimum Gasteiger partial charge on any atom is -0.349 e. The summed E-state index contributed by atoms with van der Waals surface area (Å²) < 4.78 is 37.3. The summed E-state index contributed by atoms with van der Waals surface area (Å²) in [7, 11) is 0. The molecule has 1 heterocycles. The van der Waals surface area contributed by atoms with E-state index in [1.807, 2.05) is 13.8 Å². The lowest BCUT2D eigenvalue weighted by molar-refractivity contribution is -0.253. The van der Waals surface area contributed by atoms with Crippen molar-refractivity contribution in [3.8, 4) is 0 Å². The van der Waals surface area contributed by atoms with Crippen LogP contribution in [0.25, 0.3) is 0 Å². The topological polar surface area (TPSA) is 30.5 Å². The van der Waals surface area contributed by atoms with Gasteiger partial charge in [0, 0.05) is 12.1 Å². The van der Waals surface area contributed by atoms with Crippen LogP contribution in [0, 0.1) is 11.6 Å². The van der Waals surface area contributed by atoms with E-state index < -0.39 is 17.4 Å². The lowest BCUT2D eigenvalue weighted by Gasteiger charge is -2.35. The molecule has 0 amide bonds. The maximum Gasteiger partial charge on any atom is 0.162 e. The second-order valence-electron chi connectivity index (χ2n) is 4.84. The molecule has 0 unspecified atom stereocenters. The highest BCUT2D eigenvalue weighted by Gasteiger charge is 2.27. The molecule has 0 spiro atoms. The van der Waals surface area contributed by atoms with E-state index in [1.165, 1.54) is 6.07 Å². The van der Waals surface area contributed by atoms with Crippen molar-refractivity contribution in [1.82, 2.24) is 5.32 Å². The van der Waals surface area contributed by atoms with Crippen molar-refractivity contribution in [3.05, 3.63) is 35.4 Å². The van der Waals surface area contributed by atoms with Crippen LogP contribution in [-0.4, -0.2) is 25.0 Å². The van der Waals surface area contributed by atoms with Crippen molar-refractivity contribution < 1.29 is 18.3 Å². The first-order chi connectivity index (χ1) is 8.46. The molecular weight excluding hydrogens is 240 g/mol. The smallest absolute Gasteiger partial charge is 0.162 e. The van der Waals surface area contributed by atoms with Crippen LogP contribution in [0.3, 0.4) is 0 Å². The summed E-state index contributed by atoms with van der Waals surface area (Å²) in [5, 5.41) is 3.09. The second kappa shape index (κ2) is 5.30. The quantitative estimate of drug-likeness (QED) is 0.900. The van der Waals surface area contributed by atoms with Gasteiger partial charge in [0.25, 0.3) is 0 Å². The van der Waals surface area contributed by atoms with E-state index in [4.69, 9.17) is 9.47 Å². The maximum atomic E-state index is 13.4. The third kappa shape index (κ3) is 3.48. The van der Waals surface area contributed by atoms with Crippen molar-refractivity contribution in [2.45, 2.75) is 32.2 Å². The molecule has 0 atom stereocenters. The van der Waals surface area contributed by atoms with E-state index in [0.717, 1.165) is 12.1 Å². The number of hydrogen-bond acceptors (Lipinski definition) is 3. The third-order valence-corrected chi connectivity index (χ3v) is 2.85. The van der Waals surface area contributed by atoms with Crippen molar-refractivity contribution in [2.24, 2.45) is 0 Å². The molecule has 1 aromatic rings. The first-order valence-corrected chi connectivity index (χ1v) is 5.91. The van der Waals surface area contributed by atoms with E-state index in [9.17, 15) is 8.78 Å². The normalized spacial score (nSPS) is 20.0. The SMILES string of the molecule is CC1(C)OCC(NCc2cc(F)ccc2F)CO1. The Balaban J connectivity index is 1.87. The molecule has 0 bridgehead atoms. The van der Waals surface area contributed by atoms with Crippen LogP contribution in [0.4, 0.5) is 8.78 Å². The Kier molecular flexibility index (Phi) is 3.94. The number of ether oxygens (including phenoxy) is 2. The molecule has 100 valence electrons. The summed E-state index contributed by atoms with van der Waals surface area (Å²) in [5.41, 5.74) is 0.305. The van der Waals surface area contributed by atoms with Crippen molar-refractivity contribution in [2.75, 3.05) is 13.2 Å². The lowest BCUT2D eigenvalue weighted by Crippen LogP contribution is -2.48. The van der Waals surface area contributed by atoms with Crippen LogP contribution >= 0.6 is 0 Å². The zero-order valence-electron chi connectivity index (χ0n) is 10.5. The van der Waals surface area contributed by atoms with Gasteiger partial charge in [0.1, 0.15) is 11.6 Å². The van der Waals surface area contributed by atoms with Crippen LogP contribution in [0.15, 0.2) is 18.2 Å². The average molecular weight is 257 g/mol. The molecule has 3 nitrogen and oxygen atoms in total. The largest absolute Gasteiger partial charge is 0.349 e. The third-order valence-electron chi connectivity index (χ3n) is 2.85. The second-order valence-corrected chi connectivity index (χ2v) is 4.84. The van der Waals surface area contributed by atoms with Gasteiger partial charge in [-0.05, 0) is 32.0 Å². The monoisotopic (exact) mass is 257 g/mol. The lowest BCUT2D eigenvalue weighted by atomic mass is 10.2. The average Bonchev–Trinajstić information content (AvgIpc) is 2.32. The molecule has 0 aromatic heterocycles. The molecule has 1 aliphatic heterocycles. The van der Waals surface area contributed by atoms with Crippen LogP contribution < -0.4 is 5.32 Å². The maximum absolute atomic E-state index is 13.4. The Hall–Kier alpha value is -1.04. The van der Waals surface area contributed by atoms with Crippen LogP contribution in [-0.2, 0) is 16.0 Å². The molecular formula is C13H17F2NO2. The van der Waals surface area contributed by atoms with Gasteiger partial charge in [0.15, 0.2) is 5.79 Å². The molecule has 0 aliphatic carbocycles. The molecule has 5 heteroatoms. The molecule has 1 N–H and O–H groups in total. The number of nitrogens with one attached hydrogen (secondary N) is 1. The van der Waals surface area contributed by atoms with Gasteiger partial charge in [-0.3, -0.25) is 0 Å². The standard InChI is InChI=1S/C13H17F2NO2/c1-13(2)17-7-11(8-18-13)16-6-9-5-10(14)3-4-12(9)15/h3-5,11,16H,6-8H2,1-2H3. The zero-order chi connectivity index (χ0) is 13.2. The van der Waals surface area contributed by atoms with E-state index >= 15 is 0 Å². The Morgan fingerprint density at radius 2 is 1.94 bits per heavy atom. The summed E-state index contributed by atoms with van der Waals surface area (Å²) in [6.45, 7) is 4.92. The number of halogens is 2. The Morgan fingerprint density at radius 1 is 1.28 bits per heavy atom. The van der Waals surface area contributed by atoms with Gasteiger partial charge in [-0.2, -0.15) is 0 Å². The van der Waals surface area contributed by atoms with Crippen LogP contribution in [0.1, 0.15) is 19.4 Å². The Morgan fingerprint density at radius 3 is 2.61 bits per heavy atom. The molecule has 2 rings (SSSR count). The zero-order valence-corrected chi connectivity index (χ0v) is 10.5. The van der Waals surface area contributed by atoms with Gasteiger partial charge in [0.05, 0.1) is 19.3 Å². The molecule has 1 aliphatic rings. The molecule has 18 heavy (non-hydrogen) atoms. The van der Waals surface area contributed by atoms with Gasteiger partial charge in [-0.25, -0.2) is 8.78 Å². The van der Waals surface area contributed by atoms with Gasteiger partial charge >= 0.3 is 0 Å². The van der Waals surface area contributed by atoms with Gasteiger partial charge in [-0.1, -0.05) is 0 Å². The van der Waals surface area contributed by atoms with Gasteiger partial charge in [0.2, 0.25) is 0 Å². The minimum atomic E-state index is -0.567. The van der Waals surface area contributed by atoms with E-state index in [1.54, 1.807) is 0 Å². The van der Waals surface area contributed by atoms with Crippen LogP contribution in [0.5, 0.6) is 0 Å². The summed E-state index contributed by atoms with van der Waals surface area (Å²) in [6.07, 6.45) is 0.